The van der Waals surface area contributed by atoms with E-state index < -0.39 is 5.91 Å². The van der Waals surface area contributed by atoms with Gasteiger partial charge in [-0.1, -0.05) is 25.4 Å². The quantitative estimate of drug-likeness (QED) is 0.749. The van der Waals surface area contributed by atoms with Crippen LogP contribution in [-0.4, -0.2) is 18.4 Å². The third-order valence-electron chi connectivity index (χ3n) is 2.92. The van der Waals surface area contributed by atoms with Crippen molar-refractivity contribution >= 4 is 29.1 Å². The lowest BCUT2D eigenvalue weighted by Gasteiger charge is -2.17. The Morgan fingerprint density at radius 3 is 2.50 bits per heavy atom. The van der Waals surface area contributed by atoms with Gasteiger partial charge in [-0.3, -0.25) is 9.59 Å². The third-order valence-corrected chi connectivity index (χ3v) is 3.25. The first kappa shape index (κ1) is 16.5. The van der Waals surface area contributed by atoms with Crippen molar-refractivity contribution in [3.63, 3.8) is 0 Å². The molecule has 6 heteroatoms. The van der Waals surface area contributed by atoms with Gasteiger partial charge in [0.15, 0.2) is 0 Å². The molecule has 0 fully saturated rings. The molecule has 5 nitrogen and oxygen atoms in total. The minimum atomic E-state index is -0.574. The number of anilines is 1. The second-order valence-corrected chi connectivity index (χ2v) is 5.52. The first-order valence-corrected chi connectivity index (χ1v) is 6.83. The fourth-order valence-electron chi connectivity index (χ4n) is 1.89. The number of amides is 2. The van der Waals surface area contributed by atoms with E-state index in [2.05, 4.69) is 5.32 Å². The molecule has 0 aliphatic carbocycles. The van der Waals surface area contributed by atoms with Crippen molar-refractivity contribution in [3.8, 4) is 0 Å². The molecule has 1 aromatic rings. The van der Waals surface area contributed by atoms with Crippen molar-refractivity contribution in [2.24, 2.45) is 23.3 Å². The molecule has 0 bridgehead atoms. The highest BCUT2D eigenvalue weighted by atomic mass is 35.5. The molecule has 0 radical (unpaired) electrons. The standard InChI is InChI=1S/C14H20ClN3O2/c1-8(2)5-10(7-16)14(20)18-12-6-9(13(17)19)3-4-11(12)15/h3-4,6,8,10H,5,7,16H2,1-2H3,(H2,17,19)(H,18,20). The molecule has 0 saturated heterocycles. The molecule has 0 heterocycles. The highest BCUT2D eigenvalue weighted by molar-refractivity contribution is 6.33. The van der Waals surface area contributed by atoms with Gasteiger partial charge in [0.1, 0.15) is 0 Å². The van der Waals surface area contributed by atoms with Crippen LogP contribution < -0.4 is 16.8 Å². The Hall–Kier alpha value is -1.59. The lowest BCUT2D eigenvalue weighted by atomic mass is 9.96. The van der Waals surface area contributed by atoms with Crippen molar-refractivity contribution in [1.29, 1.82) is 0 Å². The molecule has 0 aromatic heterocycles. The summed E-state index contributed by atoms with van der Waals surface area (Å²) in [6.07, 6.45) is 0.690. The number of hydrogen-bond acceptors (Lipinski definition) is 3. The van der Waals surface area contributed by atoms with Crippen LogP contribution in [0.3, 0.4) is 0 Å². The van der Waals surface area contributed by atoms with Crippen LogP contribution in [0.15, 0.2) is 18.2 Å². The number of hydrogen-bond donors (Lipinski definition) is 3. The SMILES string of the molecule is CC(C)CC(CN)C(=O)Nc1cc(C(N)=O)ccc1Cl. The predicted molar refractivity (Wildman–Crippen MR) is 80.6 cm³/mol. The summed E-state index contributed by atoms with van der Waals surface area (Å²) in [5, 5.41) is 3.05. The van der Waals surface area contributed by atoms with Crippen LogP contribution >= 0.6 is 11.6 Å². The van der Waals surface area contributed by atoms with Crippen LogP contribution in [0, 0.1) is 11.8 Å². The predicted octanol–water partition coefficient (Wildman–Crippen LogP) is 2.00. The topological polar surface area (TPSA) is 98.2 Å². The summed E-state index contributed by atoms with van der Waals surface area (Å²) in [7, 11) is 0. The molecular weight excluding hydrogens is 278 g/mol. The van der Waals surface area contributed by atoms with Crippen LogP contribution in [0.5, 0.6) is 0 Å². The van der Waals surface area contributed by atoms with E-state index >= 15 is 0 Å². The van der Waals surface area contributed by atoms with Gasteiger partial charge in [-0.2, -0.15) is 0 Å². The van der Waals surface area contributed by atoms with Gasteiger partial charge in [0.25, 0.3) is 0 Å². The van der Waals surface area contributed by atoms with Gasteiger partial charge in [-0.05, 0) is 30.5 Å². The molecular formula is C14H20ClN3O2. The molecule has 1 unspecified atom stereocenters. The van der Waals surface area contributed by atoms with Gasteiger partial charge in [-0.15, -0.1) is 0 Å². The summed E-state index contributed by atoms with van der Waals surface area (Å²) in [6, 6.07) is 4.50. The Bertz CT molecular complexity index is 503. The molecule has 20 heavy (non-hydrogen) atoms. The van der Waals surface area contributed by atoms with E-state index in [0.29, 0.717) is 23.0 Å². The van der Waals surface area contributed by atoms with E-state index in [-0.39, 0.29) is 23.9 Å². The van der Waals surface area contributed by atoms with E-state index in [9.17, 15) is 9.59 Å². The molecule has 1 rings (SSSR count). The molecule has 1 aromatic carbocycles. The van der Waals surface area contributed by atoms with Crippen molar-refractivity contribution < 1.29 is 9.59 Å². The van der Waals surface area contributed by atoms with Gasteiger partial charge in [0.2, 0.25) is 11.8 Å². The van der Waals surface area contributed by atoms with E-state index in [4.69, 9.17) is 23.1 Å². The van der Waals surface area contributed by atoms with Crippen LogP contribution in [0.2, 0.25) is 5.02 Å². The summed E-state index contributed by atoms with van der Waals surface area (Å²) < 4.78 is 0. The zero-order chi connectivity index (χ0) is 15.3. The molecule has 0 spiro atoms. The van der Waals surface area contributed by atoms with Crippen LogP contribution in [0.25, 0.3) is 0 Å². The minimum absolute atomic E-state index is 0.204. The van der Waals surface area contributed by atoms with Crippen molar-refractivity contribution in [2.45, 2.75) is 20.3 Å². The lowest BCUT2D eigenvalue weighted by Crippen LogP contribution is -2.30. The van der Waals surface area contributed by atoms with Gasteiger partial charge in [0.05, 0.1) is 16.6 Å². The Balaban J connectivity index is 2.88. The molecule has 0 aliphatic heterocycles. The van der Waals surface area contributed by atoms with Gasteiger partial charge in [-0.25, -0.2) is 0 Å². The number of nitrogens with two attached hydrogens (primary N) is 2. The third kappa shape index (κ3) is 4.51. The maximum atomic E-state index is 12.1. The molecule has 1 atom stereocenters. The second-order valence-electron chi connectivity index (χ2n) is 5.11. The first-order valence-electron chi connectivity index (χ1n) is 6.45. The van der Waals surface area contributed by atoms with E-state index in [1.165, 1.54) is 18.2 Å². The van der Waals surface area contributed by atoms with Crippen LogP contribution in [-0.2, 0) is 4.79 Å². The summed E-state index contributed by atoms with van der Waals surface area (Å²) in [5.41, 5.74) is 11.5. The number of benzene rings is 1. The number of rotatable bonds is 6. The highest BCUT2D eigenvalue weighted by Crippen LogP contribution is 2.24. The average Bonchev–Trinajstić information content (AvgIpc) is 2.37. The molecule has 0 saturated carbocycles. The summed E-state index contributed by atoms with van der Waals surface area (Å²) >= 11 is 6.00. The largest absolute Gasteiger partial charge is 0.366 e. The number of primary amides is 1. The van der Waals surface area contributed by atoms with Crippen molar-refractivity contribution in [1.82, 2.24) is 0 Å². The van der Waals surface area contributed by atoms with E-state index in [0.717, 1.165) is 0 Å². The minimum Gasteiger partial charge on any atom is -0.366 e. The fraction of sp³-hybridized carbons (Fsp3) is 0.429. The highest BCUT2D eigenvalue weighted by Gasteiger charge is 2.19. The fourth-order valence-corrected chi connectivity index (χ4v) is 2.05. The molecule has 5 N–H and O–H groups in total. The Kier molecular flexibility index (Phi) is 5.98. The second kappa shape index (κ2) is 7.26. The van der Waals surface area contributed by atoms with Gasteiger partial charge >= 0.3 is 0 Å². The molecule has 0 aliphatic rings. The average molecular weight is 298 g/mol. The van der Waals surface area contributed by atoms with Crippen LogP contribution in [0.4, 0.5) is 5.69 Å². The molecule has 110 valence electrons. The normalized spacial score (nSPS) is 12.2. The monoisotopic (exact) mass is 297 g/mol. The Morgan fingerprint density at radius 1 is 1.35 bits per heavy atom. The maximum Gasteiger partial charge on any atom is 0.248 e. The molecule has 2 amide bonds. The Morgan fingerprint density at radius 2 is 2.00 bits per heavy atom. The zero-order valence-corrected chi connectivity index (χ0v) is 12.4. The van der Waals surface area contributed by atoms with Crippen molar-refractivity contribution in [2.75, 3.05) is 11.9 Å². The van der Waals surface area contributed by atoms with E-state index in [1.54, 1.807) is 0 Å². The smallest absolute Gasteiger partial charge is 0.248 e. The first-order chi connectivity index (χ1) is 9.35. The van der Waals surface area contributed by atoms with Crippen molar-refractivity contribution in [3.05, 3.63) is 28.8 Å². The summed E-state index contributed by atoms with van der Waals surface area (Å²) in [5.74, 6) is -0.704. The lowest BCUT2D eigenvalue weighted by molar-refractivity contribution is -0.120. The number of carbonyl (C=O) groups is 2. The number of halogens is 1. The number of nitrogens with one attached hydrogen (secondary N) is 1. The van der Waals surface area contributed by atoms with E-state index in [1.807, 2.05) is 13.8 Å². The van der Waals surface area contributed by atoms with Gasteiger partial charge in [0, 0.05) is 12.1 Å². The maximum absolute atomic E-state index is 12.1. The summed E-state index contributed by atoms with van der Waals surface area (Å²) in [4.78, 5) is 23.3. The van der Waals surface area contributed by atoms with Crippen LogP contribution in [0.1, 0.15) is 30.6 Å². The van der Waals surface area contributed by atoms with Gasteiger partial charge < -0.3 is 16.8 Å². The number of carbonyl (C=O) groups excluding carboxylic acids is 2. The zero-order valence-electron chi connectivity index (χ0n) is 11.7. The summed E-state index contributed by atoms with van der Waals surface area (Å²) in [6.45, 7) is 4.31. The Labute approximate surface area is 123 Å².